The number of hydrogen-bond acceptors (Lipinski definition) is 3. The first kappa shape index (κ1) is 21.5. The lowest BCUT2D eigenvalue weighted by Crippen LogP contribution is -2.40. The summed E-state index contributed by atoms with van der Waals surface area (Å²) in [4.78, 5) is 23.9. The van der Waals surface area contributed by atoms with E-state index >= 15 is 0 Å². The Labute approximate surface area is 166 Å². The van der Waals surface area contributed by atoms with Gasteiger partial charge in [-0.1, -0.05) is 11.6 Å². The standard InChI is InChI=1S/C20H30ClN3O3/c1-27-12-2-11-22-20(26)24-14-16-5-3-15(4-6-16)13-23-19(25)17-7-9-18(21)10-8-17/h7-10,15-16H,2-6,11-14H2,1H3,(H,23,25)(H2,22,24,26). The largest absolute Gasteiger partial charge is 0.385 e. The Morgan fingerprint density at radius 2 is 1.59 bits per heavy atom. The molecule has 3 N–H and O–H groups in total. The third-order valence-corrected chi connectivity index (χ3v) is 5.24. The fraction of sp³-hybridized carbons (Fsp3) is 0.600. The van der Waals surface area contributed by atoms with Gasteiger partial charge >= 0.3 is 6.03 Å². The van der Waals surface area contributed by atoms with Gasteiger partial charge in [-0.05, 0) is 68.2 Å². The summed E-state index contributed by atoms with van der Waals surface area (Å²) in [6, 6.07) is 6.81. The van der Waals surface area contributed by atoms with Crippen molar-refractivity contribution in [1.29, 1.82) is 0 Å². The third kappa shape index (κ3) is 8.18. The molecule has 3 amide bonds. The Bertz CT molecular complexity index is 587. The van der Waals surface area contributed by atoms with E-state index < -0.39 is 0 Å². The molecule has 1 aromatic rings. The van der Waals surface area contributed by atoms with Crippen LogP contribution in [-0.4, -0.2) is 45.3 Å². The van der Waals surface area contributed by atoms with Crippen molar-refractivity contribution in [1.82, 2.24) is 16.0 Å². The summed E-state index contributed by atoms with van der Waals surface area (Å²) in [6.07, 6.45) is 5.11. The molecule has 150 valence electrons. The van der Waals surface area contributed by atoms with Gasteiger partial charge in [-0.15, -0.1) is 0 Å². The van der Waals surface area contributed by atoms with E-state index in [4.69, 9.17) is 16.3 Å². The maximum atomic E-state index is 12.2. The number of urea groups is 1. The molecule has 1 aliphatic rings. The summed E-state index contributed by atoms with van der Waals surface area (Å²) in [5.74, 6) is 0.957. The van der Waals surface area contributed by atoms with E-state index in [1.165, 1.54) is 0 Å². The van der Waals surface area contributed by atoms with Crippen LogP contribution in [0.15, 0.2) is 24.3 Å². The Morgan fingerprint density at radius 1 is 1.00 bits per heavy atom. The first-order valence-electron chi connectivity index (χ1n) is 9.63. The van der Waals surface area contributed by atoms with Gasteiger partial charge in [-0.2, -0.15) is 0 Å². The van der Waals surface area contributed by atoms with Crippen molar-refractivity contribution < 1.29 is 14.3 Å². The predicted octanol–water partition coefficient (Wildman–Crippen LogP) is 3.21. The molecule has 7 heteroatoms. The van der Waals surface area contributed by atoms with E-state index in [2.05, 4.69) is 16.0 Å². The highest BCUT2D eigenvalue weighted by atomic mass is 35.5. The number of rotatable bonds is 9. The van der Waals surface area contributed by atoms with Crippen LogP contribution in [0, 0.1) is 11.8 Å². The molecule has 2 rings (SSSR count). The number of carbonyl (C=O) groups excluding carboxylic acids is 2. The number of halogens is 1. The molecule has 0 atom stereocenters. The summed E-state index contributed by atoms with van der Waals surface area (Å²) in [5, 5.41) is 9.42. The number of benzene rings is 1. The van der Waals surface area contributed by atoms with Crippen LogP contribution in [0.2, 0.25) is 5.02 Å². The third-order valence-electron chi connectivity index (χ3n) is 4.99. The SMILES string of the molecule is COCCCNC(=O)NCC1CCC(CNC(=O)c2ccc(Cl)cc2)CC1. The Hall–Kier alpha value is -1.79. The van der Waals surface area contributed by atoms with E-state index in [1.807, 2.05) is 0 Å². The van der Waals surface area contributed by atoms with Crippen molar-refractivity contribution in [3.63, 3.8) is 0 Å². The van der Waals surface area contributed by atoms with Gasteiger partial charge in [0.05, 0.1) is 0 Å². The Balaban J connectivity index is 1.57. The fourth-order valence-electron chi connectivity index (χ4n) is 3.30. The van der Waals surface area contributed by atoms with Crippen LogP contribution in [0.4, 0.5) is 4.79 Å². The van der Waals surface area contributed by atoms with Crippen LogP contribution in [-0.2, 0) is 4.74 Å². The lowest BCUT2D eigenvalue weighted by molar-refractivity contribution is 0.0941. The normalized spacial score (nSPS) is 19.3. The summed E-state index contributed by atoms with van der Waals surface area (Å²) >= 11 is 5.84. The molecular weight excluding hydrogens is 366 g/mol. The highest BCUT2D eigenvalue weighted by molar-refractivity contribution is 6.30. The van der Waals surface area contributed by atoms with Gasteiger partial charge in [-0.3, -0.25) is 4.79 Å². The fourth-order valence-corrected chi connectivity index (χ4v) is 3.42. The number of amides is 3. The molecule has 0 heterocycles. The maximum absolute atomic E-state index is 12.2. The van der Waals surface area contributed by atoms with Gasteiger partial charge in [0.15, 0.2) is 0 Å². The minimum absolute atomic E-state index is 0.0550. The van der Waals surface area contributed by atoms with Crippen molar-refractivity contribution in [3.8, 4) is 0 Å². The van der Waals surface area contributed by atoms with Crippen LogP contribution in [0.25, 0.3) is 0 Å². The zero-order valence-electron chi connectivity index (χ0n) is 15.9. The molecule has 0 bridgehead atoms. The molecule has 0 radical (unpaired) electrons. The average molecular weight is 396 g/mol. The molecule has 1 fully saturated rings. The van der Waals surface area contributed by atoms with Gasteiger partial charge in [0.2, 0.25) is 0 Å². The highest BCUT2D eigenvalue weighted by Crippen LogP contribution is 2.28. The number of carbonyl (C=O) groups is 2. The summed E-state index contributed by atoms with van der Waals surface area (Å²) < 4.78 is 4.95. The lowest BCUT2D eigenvalue weighted by Gasteiger charge is -2.28. The monoisotopic (exact) mass is 395 g/mol. The first-order valence-corrected chi connectivity index (χ1v) is 10.0. The summed E-state index contributed by atoms with van der Waals surface area (Å²) in [7, 11) is 1.65. The number of ether oxygens (including phenoxy) is 1. The Kier molecular flexibility index (Phi) is 9.42. The molecule has 1 saturated carbocycles. The van der Waals surface area contributed by atoms with Crippen molar-refractivity contribution in [2.24, 2.45) is 11.8 Å². The smallest absolute Gasteiger partial charge is 0.314 e. The molecule has 0 unspecified atom stereocenters. The second-order valence-corrected chi connectivity index (χ2v) is 7.52. The molecule has 0 aliphatic heterocycles. The van der Waals surface area contributed by atoms with Crippen molar-refractivity contribution in [3.05, 3.63) is 34.9 Å². The summed E-state index contributed by atoms with van der Waals surface area (Å²) in [5.41, 5.74) is 0.633. The van der Waals surface area contributed by atoms with E-state index in [0.717, 1.165) is 32.1 Å². The minimum Gasteiger partial charge on any atom is -0.385 e. The van der Waals surface area contributed by atoms with Gasteiger partial charge in [-0.25, -0.2) is 4.79 Å². The molecular formula is C20H30ClN3O3. The Morgan fingerprint density at radius 3 is 2.19 bits per heavy atom. The van der Waals surface area contributed by atoms with Gasteiger partial charge in [0, 0.05) is 43.9 Å². The van der Waals surface area contributed by atoms with E-state index in [-0.39, 0.29) is 11.9 Å². The second-order valence-electron chi connectivity index (χ2n) is 7.09. The van der Waals surface area contributed by atoms with E-state index in [1.54, 1.807) is 31.4 Å². The van der Waals surface area contributed by atoms with Crippen LogP contribution in [0.1, 0.15) is 42.5 Å². The number of methoxy groups -OCH3 is 1. The summed E-state index contributed by atoms with van der Waals surface area (Å²) in [6.45, 7) is 2.68. The molecule has 0 aromatic heterocycles. The lowest BCUT2D eigenvalue weighted by atomic mass is 9.82. The number of nitrogens with one attached hydrogen (secondary N) is 3. The van der Waals surface area contributed by atoms with Crippen molar-refractivity contribution >= 4 is 23.5 Å². The molecule has 0 spiro atoms. The van der Waals surface area contributed by atoms with E-state index in [0.29, 0.717) is 48.7 Å². The molecule has 6 nitrogen and oxygen atoms in total. The van der Waals surface area contributed by atoms with Crippen molar-refractivity contribution in [2.75, 3.05) is 33.4 Å². The minimum atomic E-state index is -0.108. The van der Waals surface area contributed by atoms with Crippen LogP contribution in [0.5, 0.6) is 0 Å². The zero-order valence-corrected chi connectivity index (χ0v) is 16.7. The first-order chi connectivity index (χ1) is 13.1. The van der Waals surface area contributed by atoms with Crippen LogP contribution >= 0.6 is 11.6 Å². The number of hydrogen-bond donors (Lipinski definition) is 3. The van der Waals surface area contributed by atoms with E-state index in [9.17, 15) is 9.59 Å². The highest BCUT2D eigenvalue weighted by Gasteiger charge is 2.22. The zero-order chi connectivity index (χ0) is 19.5. The van der Waals surface area contributed by atoms with Crippen LogP contribution < -0.4 is 16.0 Å². The van der Waals surface area contributed by atoms with Crippen LogP contribution in [0.3, 0.4) is 0 Å². The quantitative estimate of drug-likeness (QED) is 0.562. The molecule has 1 aromatic carbocycles. The topological polar surface area (TPSA) is 79.5 Å². The van der Waals surface area contributed by atoms with Gasteiger partial charge < -0.3 is 20.7 Å². The van der Waals surface area contributed by atoms with Gasteiger partial charge in [0.25, 0.3) is 5.91 Å². The molecule has 1 aliphatic carbocycles. The molecule has 0 saturated heterocycles. The maximum Gasteiger partial charge on any atom is 0.314 e. The second kappa shape index (κ2) is 11.8. The van der Waals surface area contributed by atoms with Gasteiger partial charge in [0.1, 0.15) is 0 Å². The average Bonchev–Trinajstić information content (AvgIpc) is 2.69. The predicted molar refractivity (Wildman–Crippen MR) is 107 cm³/mol. The van der Waals surface area contributed by atoms with Crippen molar-refractivity contribution in [2.45, 2.75) is 32.1 Å². The molecule has 27 heavy (non-hydrogen) atoms.